The lowest BCUT2D eigenvalue weighted by Gasteiger charge is -2.17. The Morgan fingerprint density at radius 2 is 1.92 bits per heavy atom. The number of ether oxygens (including phenoxy) is 2. The van der Waals surface area contributed by atoms with Gasteiger partial charge in [-0.2, -0.15) is 9.78 Å². The largest absolute Gasteiger partial charge is 0.496 e. The van der Waals surface area contributed by atoms with Gasteiger partial charge >= 0.3 is 0 Å². The van der Waals surface area contributed by atoms with E-state index < -0.39 is 0 Å². The molecule has 0 atom stereocenters. The number of aryl methyl sites for hydroxylation is 1. The lowest BCUT2D eigenvalue weighted by atomic mass is 9.96. The van der Waals surface area contributed by atoms with Crippen LogP contribution in [0, 0.1) is 6.92 Å². The maximum Gasteiger partial charge on any atom is 0.282 e. The van der Waals surface area contributed by atoms with Crippen LogP contribution in [0.25, 0.3) is 22.3 Å². The molecule has 4 aromatic rings. The SMILES string of the molecule is C=CCOc1ccc(Br)cc1C=Nn1c(-c2cc(C(C)C)c(OC)cc2C)nc2ccccc2c1=O. The molecule has 1 aromatic heterocycles. The third-order valence-corrected chi connectivity index (χ3v) is 6.33. The van der Waals surface area contributed by atoms with Crippen LogP contribution in [0.5, 0.6) is 11.5 Å². The van der Waals surface area contributed by atoms with E-state index in [-0.39, 0.29) is 11.5 Å². The summed E-state index contributed by atoms with van der Waals surface area (Å²) in [7, 11) is 1.67. The molecule has 6 nitrogen and oxygen atoms in total. The van der Waals surface area contributed by atoms with Crippen LogP contribution < -0.4 is 15.0 Å². The molecule has 0 aliphatic heterocycles. The fourth-order valence-corrected chi connectivity index (χ4v) is 4.37. The molecular weight excluding hydrogens is 518 g/mol. The van der Waals surface area contributed by atoms with Crippen LogP contribution in [0.4, 0.5) is 0 Å². The summed E-state index contributed by atoms with van der Waals surface area (Å²) >= 11 is 3.50. The first-order chi connectivity index (χ1) is 17.3. The fourth-order valence-electron chi connectivity index (χ4n) is 3.99. The average molecular weight is 546 g/mol. The van der Waals surface area contributed by atoms with Gasteiger partial charge in [0.05, 0.1) is 24.2 Å². The molecule has 0 unspecified atom stereocenters. The van der Waals surface area contributed by atoms with E-state index >= 15 is 0 Å². The molecule has 0 saturated heterocycles. The summed E-state index contributed by atoms with van der Waals surface area (Å²) in [6, 6.07) is 16.9. The molecule has 0 aliphatic carbocycles. The summed E-state index contributed by atoms with van der Waals surface area (Å²) < 4.78 is 13.6. The summed E-state index contributed by atoms with van der Waals surface area (Å²) in [6.07, 6.45) is 3.30. The molecule has 0 aliphatic rings. The number of hydrogen-bond donors (Lipinski definition) is 0. The number of aromatic nitrogens is 2. The van der Waals surface area contributed by atoms with Gasteiger partial charge in [-0.1, -0.05) is 54.6 Å². The molecule has 3 aromatic carbocycles. The molecule has 184 valence electrons. The van der Waals surface area contributed by atoms with E-state index in [2.05, 4.69) is 41.5 Å². The van der Waals surface area contributed by atoms with Crippen LogP contribution in [0.3, 0.4) is 0 Å². The first-order valence-electron chi connectivity index (χ1n) is 11.6. The minimum Gasteiger partial charge on any atom is -0.496 e. The zero-order valence-electron chi connectivity index (χ0n) is 20.8. The van der Waals surface area contributed by atoms with Gasteiger partial charge in [-0.05, 0) is 66.4 Å². The molecular formula is C29H28BrN3O3. The highest BCUT2D eigenvalue weighted by Gasteiger charge is 2.18. The molecule has 0 fully saturated rings. The van der Waals surface area contributed by atoms with Gasteiger partial charge in [-0.15, -0.1) is 0 Å². The van der Waals surface area contributed by atoms with Gasteiger partial charge in [0.1, 0.15) is 18.1 Å². The molecule has 1 heterocycles. The van der Waals surface area contributed by atoms with Crippen molar-refractivity contribution in [3.63, 3.8) is 0 Å². The summed E-state index contributed by atoms with van der Waals surface area (Å²) in [4.78, 5) is 18.5. The second-order valence-corrected chi connectivity index (χ2v) is 9.58. The zero-order valence-corrected chi connectivity index (χ0v) is 22.4. The number of para-hydroxylation sites is 1. The van der Waals surface area contributed by atoms with Crippen LogP contribution in [0.2, 0.25) is 0 Å². The quantitative estimate of drug-likeness (QED) is 0.182. The monoisotopic (exact) mass is 545 g/mol. The minimum absolute atomic E-state index is 0.217. The summed E-state index contributed by atoms with van der Waals surface area (Å²) in [5.74, 6) is 2.12. The van der Waals surface area contributed by atoms with Crippen LogP contribution in [-0.4, -0.2) is 29.6 Å². The van der Waals surface area contributed by atoms with Gasteiger partial charge in [0, 0.05) is 15.6 Å². The highest BCUT2D eigenvalue weighted by Crippen LogP contribution is 2.34. The highest BCUT2D eigenvalue weighted by atomic mass is 79.9. The molecule has 0 bridgehead atoms. The molecule has 0 amide bonds. The number of halogens is 1. The lowest BCUT2D eigenvalue weighted by Crippen LogP contribution is -2.21. The Kier molecular flexibility index (Phi) is 7.70. The first-order valence-corrected chi connectivity index (χ1v) is 12.4. The van der Waals surface area contributed by atoms with Crippen LogP contribution in [0.15, 0.2) is 81.6 Å². The van der Waals surface area contributed by atoms with E-state index in [1.165, 1.54) is 4.68 Å². The van der Waals surface area contributed by atoms with Gasteiger partial charge in [0.15, 0.2) is 5.82 Å². The molecule has 4 rings (SSSR count). The molecule has 0 saturated carbocycles. The first kappa shape index (κ1) is 25.4. The second kappa shape index (κ2) is 10.9. The van der Waals surface area contributed by atoms with Gasteiger partial charge in [0.25, 0.3) is 5.56 Å². The maximum absolute atomic E-state index is 13.7. The summed E-state index contributed by atoms with van der Waals surface area (Å²) in [5.41, 5.74) is 3.85. The van der Waals surface area contributed by atoms with Crippen LogP contribution in [0.1, 0.15) is 36.5 Å². The van der Waals surface area contributed by atoms with Crippen molar-refractivity contribution in [2.45, 2.75) is 26.7 Å². The zero-order chi connectivity index (χ0) is 25.8. The fraction of sp³-hybridized carbons (Fsp3) is 0.207. The van der Waals surface area contributed by atoms with Crippen molar-refractivity contribution < 1.29 is 9.47 Å². The number of fused-ring (bicyclic) bond motifs is 1. The van der Waals surface area contributed by atoms with E-state index in [9.17, 15) is 4.79 Å². The van der Waals surface area contributed by atoms with Crippen molar-refractivity contribution >= 4 is 33.0 Å². The Hall–Kier alpha value is -3.71. The van der Waals surface area contributed by atoms with E-state index in [0.717, 1.165) is 26.9 Å². The molecule has 36 heavy (non-hydrogen) atoms. The van der Waals surface area contributed by atoms with E-state index in [1.807, 2.05) is 55.5 Å². The van der Waals surface area contributed by atoms with E-state index in [1.54, 1.807) is 25.5 Å². The van der Waals surface area contributed by atoms with Crippen LogP contribution >= 0.6 is 15.9 Å². The van der Waals surface area contributed by atoms with Gasteiger partial charge in [-0.25, -0.2) is 4.98 Å². The van der Waals surface area contributed by atoms with Gasteiger partial charge in [0.2, 0.25) is 0 Å². The third kappa shape index (κ3) is 5.11. The number of rotatable bonds is 8. The Bertz CT molecular complexity index is 1520. The Morgan fingerprint density at radius 3 is 2.64 bits per heavy atom. The predicted octanol–water partition coefficient (Wildman–Crippen LogP) is 6.71. The standard InChI is InChI=1S/C29H28BrN3O3/c1-6-13-36-26-12-11-21(30)15-20(26)17-31-33-28(32-25-10-8-7-9-22(25)29(33)34)24-16-23(18(2)3)27(35-5)14-19(24)4/h6-12,14-18H,1,13H2,2-5H3. The molecule has 0 spiro atoms. The van der Waals surface area contributed by atoms with Crippen molar-refractivity contribution in [1.82, 2.24) is 9.66 Å². The Morgan fingerprint density at radius 1 is 1.14 bits per heavy atom. The summed E-state index contributed by atoms with van der Waals surface area (Å²) in [5, 5.41) is 5.12. The highest BCUT2D eigenvalue weighted by molar-refractivity contribution is 9.10. The number of hydrogen-bond acceptors (Lipinski definition) is 5. The predicted molar refractivity (Wildman–Crippen MR) is 150 cm³/mol. The normalized spacial score (nSPS) is 11.4. The van der Waals surface area contributed by atoms with Crippen molar-refractivity contribution in [2.75, 3.05) is 13.7 Å². The van der Waals surface area contributed by atoms with Crippen molar-refractivity contribution in [2.24, 2.45) is 5.10 Å². The maximum atomic E-state index is 13.7. The summed E-state index contributed by atoms with van der Waals surface area (Å²) in [6.45, 7) is 10.3. The minimum atomic E-state index is -0.253. The Labute approximate surface area is 219 Å². The number of benzene rings is 3. The van der Waals surface area contributed by atoms with Gasteiger partial charge < -0.3 is 9.47 Å². The van der Waals surface area contributed by atoms with E-state index in [0.29, 0.717) is 34.6 Å². The Balaban J connectivity index is 1.97. The van der Waals surface area contributed by atoms with Crippen molar-refractivity contribution in [1.29, 1.82) is 0 Å². The van der Waals surface area contributed by atoms with Gasteiger partial charge in [-0.3, -0.25) is 4.79 Å². The molecule has 7 heteroatoms. The number of methoxy groups -OCH3 is 1. The van der Waals surface area contributed by atoms with Crippen LogP contribution in [-0.2, 0) is 0 Å². The van der Waals surface area contributed by atoms with Crippen molar-refractivity contribution in [3.8, 4) is 22.9 Å². The van der Waals surface area contributed by atoms with E-state index in [4.69, 9.17) is 14.5 Å². The molecule has 0 N–H and O–H groups in total. The lowest BCUT2D eigenvalue weighted by molar-refractivity contribution is 0.362. The average Bonchev–Trinajstić information content (AvgIpc) is 2.87. The second-order valence-electron chi connectivity index (χ2n) is 8.66. The topological polar surface area (TPSA) is 65.7 Å². The number of nitrogens with zero attached hydrogens (tertiary/aromatic N) is 3. The third-order valence-electron chi connectivity index (χ3n) is 5.83. The smallest absolute Gasteiger partial charge is 0.282 e. The molecule has 0 radical (unpaired) electrons. The van der Waals surface area contributed by atoms with Crippen molar-refractivity contribution in [3.05, 3.63) is 98.8 Å².